The highest BCUT2D eigenvalue weighted by Crippen LogP contribution is 2.43. The quantitative estimate of drug-likeness (QED) is 0.322. The standard InChI is InChI=1S/C25H20ClNO6/c1-32-18-10-5-15(6-11-18)23(29)21-22(14-3-8-17(28)9-4-14)27(25(31)24(21)30)16-7-12-20(33-2)19(26)13-16/h3-13,22,28-29H,1-2H3/b23-21+. The third-order valence-corrected chi connectivity index (χ3v) is 5.73. The first-order valence-corrected chi connectivity index (χ1v) is 10.3. The van der Waals surface area contributed by atoms with Gasteiger partial charge < -0.3 is 19.7 Å². The monoisotopic (exact) mass is 465 g/mol. The molecule has 1 saturated heterocycles. The molecular formula is C25H20ClNO6. The van der Waals surface area contributed by atoms with Gasteiger partial charge in [0, 0.05) is 11.3 Å². The number of aliphatic hydroxyl groups is 1. The number of ketones is 1. The number of amides is 1. The molecule has 3 aromatic carbocycles. The molecular weight excluding hydrogens is 446 g/mol. The lowest BCUT2D eigenvalue weighted by Crippen LogP contribution is -2.29. The molecule has 1 unspecified atom stereocenters. The number of benzene rings is 3. The van der Waals surface area contributed by atoms with Gasteiger partial charge in [-0.3, -0.25) is 14.5 Å². The summed E-state index contributed by atoms with van der Waals surface area (Å²) in [5.74, 6) is -0.960. The highest BCUT2D eigenvalue weighted by molar-refractivity contribution is 6.51. The van der Waals surface area contributed by atoms with Crippen molar-refractivity contribution in [3.05, 3.63) is 88.5 Å². The van der Waals surface area contributed by atoms with Crippen molar-refractivity contribution in [2.75, 3.05) is 19.1 Å². The molecule has 0 radical (unpaired) electrons. The summed E-state index contributed by atoms with van der Waals surface area (Å²) in [5.41, 5.74) is 1.15. The molecule has 4 rings (SSSR count). The van der Waals surface area contributed by atoms with E-state index in [1.54, 1.807) is 48.5 Å². The molecule has 168 valence electrons. The molecule has 2 N–H and O–H groups in total. The van der Waals surface area contributed by atoms with E-state index in [1.165, 1.54) is 37.3 Å². The average molecular weight is 466 g/mol. The van der Waals surface area contributed by atoms with E-state index in [2.05, 4.69) is 0 Å². The van der Waals surface area contributed by atoms with Crippen molar-refractivity contribution in [2.24, 2.45) is 0 Å². The van der Waals surface area contributed by atoms with Gasteiger partial charge in [-0.15, -0.1) is 0 Å². The number of anilines is 1. The number of methoxy groups -OCH3 is 2. The van der Waals surface area contributed by atoms with Gasteiger partial charge in [0.2, 0.25) is 0 Å². The third kappa shape index (κ3) is 3.99. The summed E-state index contributed by atoms with van der Waals surface area (Å²) in [5, 5.41) is 21.1. The number of phenols is 1. The zero-order valence-corrected chi connectivity index (χ0v) is 18.5. The van der Waals surface area contributed by atoms with E-state index in [4.69, 9.17) is 21.1 Å². The number of hydrogen-bond donors (Lipinski definition) is 2. The van der Waals surface area contributed by atoms with Gasteiger partial charge in [-0.25, -0.2) is 0 Å². The van der Waals surface area contributed by atoms with Crippen molar-refractivity contribution in [1.82, 2.24) is 0 Å². The first-order valence-electron chi connectivity index (χ1n) is 9.93. The van der Waals surface area contributed by atoms with E-state index in [-0.39, 0.29) is 22.1 Å². The van der Waals surface area contributed by atoms with Crippen molar-refractivity contribution in [2.45, 2.75) is 6.04 Å². The number of nitrogens with zero attached hydrogens (tertiary/aromatic N) is 1. The molecule has 33 heavy (non-hydrogen) atoms. The molecule has 0 bridgehead atoms. The van der Waals surface area contributed by atoms with Crippen LogP contribution < -0.4 is 14.4 Å². The fraction of sp³-hybridized carbons (Fsp3) is 0.120. The highest BCUT2D eigenvalue weighted by atomic mass is 35.5. The number of carbonyl (C=O) groups excluding carboxylic acids is 2. The number of Topliss-reactive ketones (excluding diaryl/α,β-unsaturated/α-hetero) is 1. The van der Waals surface area contributed by atoms with Crippen molar-refractivity contribution < 1.29 is 29.3 Å². The second-order valence-corrected chi connectivity index (χ2v) is 7.72. The molecule has 1 fully saturated rings. The Bertz CT molecular complexity index is 1250. The first kappa shape index (κ1) is 22.2. The lowest BCUT2D eigenvalue weighted by Gasteiger charge is -2.26. The Hall–Kier alpha value is -3.97. The van der Waals surface area contributed by atoms with Gasteiger partial charge in [0.05, 0.1) is 30.9 Å². The minimum Gasteiger partial charge on any atom is -0.508 e. The Morgan fingerprint density at radius 1 is 0.939 bits per heavy atom. The van der Waals surface area contributed by atoms with Crippen LogP contribution in [0, 0.1) is 0 Å². The van der Waals surface area contributed by atoms with E-state index in [9.17, 15) is 19.8 Å². The number of ether oxygens (including phenoxy) is 2. The molecule has 1 aliphatic heterocycles. The van der Waals surface area contributed by atoms with Crippen LogP contribution in [0.1, 0.15) is 17.2 Å². The molecule has 0 saturated carbocycles. The zero-order chi connectivity index (χ0) is 23.7. The summed E-state index contributed by atoms with van der Waals surface area (Å²) in [6, 6.07) is 16.3. The van der Waals surface area contributed by atoms with Gasteiger partial charge in [0.25, 0.3) is 11.7 Å². The van der Waals surface area contributed by atoms with Crippen LogP contribution in [0.15, 0.2) is 72.3 Å². The largest absolute Gasteiger partial charge is 0.508 e. The van der Waals surface area contributed by atoms with Crippen LogP contribution in [-0.4, -0.2) is 36.1 Å². The van der Waals surface area contributed by atoms with Crippen LogP contribution in [0.4, 0.5) is 5.69 Å². The molecule has 3 aromatic rings. The van der Waals surface area contributed by atoms with Crippen molar-refractivity contribution in [1.29, 1.82) is 0 Å². The third-order valence-electron chi connectivity index (χ3n) is 5.43. The summed E-state index contributed by atoms with van der Waals surface area (Å²) in [4.78, 5) is 27.6. The zero-order valence-electron chi connectivity index (χ0n) is 17.8. The molecule has 0 aliphatic carbocycles. The number of halogens is 1. The number of rotatable bonds is 5. The Morgan fingerprint density at radius 3 is 2.18 bits per heavy atom. The summed E-state index contributed by atoms with van der Waals surface area (Å²) in [6.07, 6.45) is 0. The van der Waals surface area contributed by atoms with Gasteiger partial charge in [0.1, 0.15) is 23.0 Å². The van der Waals surface area contributed by atoms with Crippen molar-refractivity contribution in [3.8, 4) is 17.2 Å². The predicted octanol–water partition coefficient (Wildman–Crippen LogP) is 4.69. The smallest absolute Gasteiger partial charge is 0.300 e. The highest BCUT2D eigenvalue weighted by Gasteiger charge is 2.47. The average Bonchev–Trinajstić information content (AvgIpc) is 3.09. The van der Waals surface area contributed by atoms with Crippen molar-refractivity contribution in [3.63, 3.8) is 0 Å². The number of phenolic OH excluding ortho intramolecular Hbond substituents is 1. The minimum absolute atomic E-state index is 0.0262. The number of hydrogen-bond acceptors (Lipinski definition) is 6. The van der Waals surface area contributed by atoms with E-state index in [1.807, 2.05) is 0 Å². The fourth-order valence-electron chi connectivity index (χ4n) is 3.78. The maximum atomic E-state index is 13.2. The summed E-state index contributed by atoms with van der Waals surface area (Å²) in [6.45, 7) is 0. The van der Waals surface area contributed by atoms with Crippen LogP contribution in [0.3, 0.4) is 0 Å². The van der Waals surface area contributed by atoms with Gasteiger partial charge in [0.15, 0.2) is 0 Å². The molecule has 1 atom stereocenters. The number of aromatic hydroxyl groups is 1. The Kier molecular flexibility index (Phi) is 5.98. The van der Waals surface area contributed by atoms with Crippen LogP contribution in [0.2, 0.25) is 5.02 Å². The molecule has 0 aromatic heterocycles. The van der Waals surface area contributed by atoms with Gasteiger partial charge >= 0.3 is 0 Å². The minimum atomic E-state index is -0.947. The van der Waals surface area contributed by atoms with E-state index in [0.29, 0.717) is 28.3 Å². The Labute approximate surface area is 195 Å². The van der Waals surface area contributed by atoms with E-state index < -0.39 is 17.7 Å². The second-order valence-electron chi connectivity index (χ2n) is 7.31. The normalized spacial score (nSPS) is 17.3. The van der Waals surface area contributed by atoms with Crippen LogP contribution >= 0.6 is 11.6 Å². The molecule has 7 nitrogen and oxygen atoms in total. The summed E-state index contributed by atoms with van der Waals surface area (Å²) >= 11 is 6.28. The van der Waals surface area contributed by atoms with Gasteiger partial charge in [-0.05, 0) is 60.2 Å². The molecule has 8 heteroatoms. The van der Waals surface area contributed by atoms with Crippen LogP contribution in [0.5, 0.6) is 17.2 Å². The predicted molar refractivity (Wildman–Crippen MR) is 124 cm³/mol. The van der Waals surface area contributed by atoms with E-state index >= 15 is 0 Å². The fourth-order valence-corrected chi connectivity index (χ4v) is 4.03. The van der Waals surface area contributed by atoms with Crippen LogP contribution in [-0.2, 0) is 9.59 Å². The first-order chi connectivity index (χ1) is 15.8. The molecule has 1 amide bonds. The lowest BCUT2D eigenvalue weighted by atomic mass is 9.95. The Morgan fingerprint density at radius 2 is 1.61 bits per heavy atom. The van der Waals surface area contributed by atoms with Gasteiger partial charge in [-0.1, -0.05) is 23.7 Å². The number of carbonyl (C=O) groups is 2. The Balaban J connectivity index is 1.91. The summed E-state index contributed by atoms with van der Waals surface area (Å²) < 4.78 is 10.3. The maximum absolute atomic E-state index is 13.2. The second kappa shape index (κ2) is 8.88. The molecule has 1 aliphatic rings. The molecule has 0 spiro atoms. The molecule has 1 heterocycles. The SMILES string of the molecule is COc1ccc(/C(O)=C2\C(=O)C(=O)N(c3ccc(OC)c(Cl)c3)C2c2ccc(O)cc2)cc1. The topological polar surface area (TPSA) is 96.3 Å². The maximum Gasteiger partial charge on any atom is 0.300 e. The van der Waals surface area contributed by atoms with E-state index in [0.717, 1.165) is 0 Å². The van der Waals surface area contributed by atoms with Gasteiger partial charge in [-0.2, -0.15) is 0 Å². The lowest BCUT2D eigenvalue weighted by molar-refractivity contribution is -0.132. The van der Waals surface area contributed by atoms with Crippen molar-refractivity contribution >= 4 is 34.7 Å². The van der Waals surface area contributed by atoms with Crippen LogP contribution in [0.25, 0.3) is 5.76 Å². The summed E-state index contributed by atoms with van der Waals surface area (Å²) in [7, 11) is 2.99. The number of aliphatic hydroxyl groups excluding tert-OH is 1.